The van der Waals surface area contributed by atoms with Crippen LogP contribution in [-0.4, -0.2) is 29.0 Å². The monoisotopic (exact) mass is 261 g/mol. The molecule has 0 bridgehead atoms. The lowest BCUT2D eigenvalue weighted by atomic mass is 10.1. The summed E-state index contributed by atoms with van der Waals surface area (Å²) in [6.45, 7) is 5.28. The number of piperidine rings is 1. The molecule has 0 amide bonds. The van der Waals surface area contributed by atoms with Crippen LogP contribution in [0.3, 0.4) is 0 Å². The van der Waals surface area contributed by atoms with E-state index >= 15 is 0 Å². The molecule has 0 saturated carbocycles. The van der Waals surface area contributed by atoms with Crippen LogP contribution in [0, 0.1) is 6.92 Å². The van der Waals surface area contributed by atoms with E-state index in [1.807, 2.05) is 0 Å². The van der Waals surface area contributed by atoms with Crippen molar-refractivity contribution in [2.24, 2.45) is 5.73 Å². The van der Waals surface area contributed by atoms with E-state index in [4.69, 9.17) is 5.73 Å². The number of aryl methyl sites for hydroxylation is 1. The summed E-state index contributed by atoms with van der Waals surface area (Å²) in [5.74, 6) is 0. The summed E-state index contributed by atoms with van der Waals surface area (Å²) in [7, 11) is 0. The number of rotatable bonds is 2. The molecule has 96 valence electrons. The minimum absolute atomic E-state index is 0.355. The normalized spacial score (nSPS) is 21.6. The van der Waals surface area contributed by atoms with Gasteiger partial charge in [0.1, 0.15) is 0 Å². The van der Waals surface area contributed by atoms with Gasteiger partial charge in [0.2, 0.25) is 0 Å². The Morgan fingerprint density at radius 2 is 2.39 bits per heavy atom. The van der Waals surface area contributed by atoms with E-state index < -0.39 is 0 Å². The Morgan fingerprint density at radius 3 is 3.22 bits per heavy atom. The van der Waals surface area contributed by atoms with E-state index in [1.165, 1.54) is 29.6 Å². The van der Waals surface area contributed by atoms with Crippen molar-refractivity contribution in [1.82, 2.24) is 9.88 Å². The van der Waals surface area contributed by atoms with Crippen molar-refractivity contribution in [3.63, 3.8) is 0 Å². The van der Waals surface area contributed by atoms with Gasteiger partial charge in [0.25, 0.3) is 0 Å². The molecule has 3 nitrogen and oxygen atoms in total. The van der Waals surface area contributed by atoms with Crippen LogP contribution in [-0.2, 0) is 6.54 Å². The van der Waals surface area contributed by atoms with Crippen LogP contribution in [0.4, 0.5) is 0 Å². The van der Waals surface area contributed by atoms with Gasteiger partial charge in [0, 0.05) is 19.1 Å². The lowest BCUT2D eigenvalue weighted by molar-refractivity contribution is 0.201. The second-order valence-electron chi connectivity index (χ2n) is 5.17. The zero-order chi connectivity index (χ0) is 12.5. The molecule has 2 aromatic rings. The van der Waals surface area contributed by atoms with Gasteiger partial charge in [-0.1, -0.05) is 6.07 Å². The minimum atomic E-state index is 0.355. The van der Waals surface area contributed by atoms with Gasteiger partial charge in [-0.2, -0.15) is 0 Å². The summed E-state index contributed by atoms with van der Waals surface area (Å²) in [6.07, 6.45) is 2.40. The third-order valence-electron chi connectivity index (χ3n) is 3.51. The highest BCUT2D eigenvalue weighted by molar-refractivity contribution is 7.18. The summed E-state index contributed by atoms with van der Waals surface area (Å²) >= 11 is 1.77. The fourth-order valence-electron chi connectivity index (χ4n) is 2.68. The van der Waals surface area contributed by atoms with E-state index in [-0.39, 0.29) is 0 Å². The van der Waals surface area contributed by atoms with Gasteiger partial charge < -0.3 is 5.73 Å². The highest BCUT2D eigenvalue weighted by Crippen LogP contribution is 2.23. The first-order valence-corrected chi connectivity index (χ1v) is 7.36. The molecule has 1 aromatic carbocycles. The number of likely N-dealkylation sites (tertiary alicyclic amines) is 1. The molecular weight excluding hydrogens is 242 g/mol. The van der Waals surface area contributed by atoms with Gasteiger partial charge in [-0.25, -0.2) is 4.98 Å². The summed E-state index contributed by atoms with van der Waals surface area (Å²) in [6, 6.07) is 6.97. The zero-order valence-corrected chi connectivity index (χ0v) is 11.5. The molecule has 1 saturated heterocycles. The lowest BCUT2D eigenvalue weighted by Crippen LogP contribution is -2.42. The first-order valence-electron chi connectivity index (χ1n) is 6.55. The largest absolute Gasteiger partial charge is 0.327 e. The third kappa shape index (κ3) is 2.55. The van der Waals surface area contributed by atoms with Crippen molar-refractivity contribution < 1.29 is 0 Å². The van der Waals surface area contributed by atoms with Crippen LogP contribution >= 0.6 is 11.3 Å². The van der Waals surface area contributed by atoms with Crippen molar-refractivity contribution >= 4 is 21.6 Å². The zero-order valence-electron chi connectivity index (χ0n) is 10.7. The van der Waals surface area contributed by atoms with Crippen LogP contribution in [0.25, 0.3) is 10.2 Å². The fourth-order valence-corrected chi connectivity index (χ4v) is 3.57. The third-order valence-corrected chi connectivity index (χ3v) is 4.44. The van der Waals surface area contributed by atoms with Gasteiger partial charge in [-0.3, -0.25) is 4.90 Å². The number of hydrogen-bond donors (Lipinski definition) is 1. The minimum Gasteiger partial charge on any atom is -0.327 e. The average Bonchev–Trinajstić information content (AvgIpc) is 2.68. The standard InChI is InChI=1S/C14H19N3S/c1-10-16-13-5-4-11(7-14(13)18-10)8-17-6-2-3-12(15)9-17/h4-5,7,12H,2-3,6,8-9,15H2,1H3. The maximum absolute atomic E-state index is 6.02. The number of thiazole rings is 1. The van der Waals surface area contributed by atoms with Crippen molar-refractivity contribution in [3.8, 4) is 0 Å². The van der Waals surface area contributed by atoms with Gasteiger partial charge in [-0.15, -0.1) is 11.3 Å². The number of aromatic nitrogens is 1. The number of fused-ring (bicyclic) bond motifs is 1. The van der Waals surface area contributed by atoms with E-state index in [0.717, 1.165) is 23.6 Å². The van der Waals surface area contributed by atoms with Crippen molar-refractivity contribution in [1.29, 1.82) is 0 Å². The van der Waals surface area contributed by atoms with Gasteiger partial charge in [0.15, 0.2) is 0 Å². The predicted molar refractivity (Wildman–Crippen MR) is 76.8 cm³/mol. The van der Waals surface area contributed by atoms with E-state index in [1.54, 1.807) is 11.3 Å². The van der Waals surface area contributed by atoms with Crippen LogP contribution in [0.1, 0.15) is 23.4 Å². The molecule has 1 aliphatic rings. The average molecular weight is 261 g/mol. The van der Waals surface area contributed by atoms with Gasteiger partial charge >= 0.3 is 0 Å². The second kappa shape index (κ2) is 4.96. The molecule has 1 unspecified atom stereocenters. The molecule has 1 atom stereocenters. The van der Waals surface area contributed by atoms with Gasteiger partial charge in [-0.05, 0) is 44.0 Å². The highest BCUT2D eigenvalue weighted by Gasteiger charge is 2.16. The summed E-state index contributed by atoms with van der Waals surface area (Å²) in [5, 5.41) is 1.14. The summed E-state index contributed by atoms with van der Waals surface area (Å²) < 4.78 is 1.30. The van der Waals surface area contributed by atoms with Crippen molar-refractivity contribution in [3.05, 3.63) is 28.8 Å². The van der Waals surface area contributed by atoms with E-state index in [2.05, 4.69) is 35.0 Å². The molecule has 1 aliphatic heterocycles. The SMILES string of the molecule is Cc1nc2ccc(CN3CCCC(N)C3)cc2s1. The van der Waals surface area contributed by atoms with Gasteiger partial charge in [0.05, 0.1) is 15.2 Å². The first kappa shape index (κ1) is 12.1. The smallest absolute Gasteiger partial charge is 0.0907 e. The summed E-state index contributed by atoms with van der Waals surface area (Å²) in [4.78, 5) is 6.96. The topological polar surface area (TPSA) is 42.2 Å². The Balaban J connectivity index is 1.77. The predicted octanol–water partition coefficient (Wildman–Crippen LogP) is 2.53. The van der Waals surface area contributed by atoms with Crippen LogP contribution < -0.4 is 5.73 Å². The van der Waals surface area contributed by atoms with Crippen LogP contribution in [0.15, 0.2) is 18.2 Å². The van der Waals surface area contributed by atoms with E-state index in [0.29, 0.717) is 6.04 Å². The molecule has 0 spiro atoms. The maximum atomic E-state index is 6.02. The molecule has 3 rings (SSSR count). The number of nitrogens with two attached hydrogens (primary N) is 1. The number of nitrogens with zero attached hydrogens (tertiary/aromatic N) is 2. The molecule has 18 heavy (non-hydrogen) atoms. The molecule has 2 N–H and O–H groups in total. The molecule has 4 heteroatoms. The first-order chi connectivity index (χ1) is 8.70. The Labute approximate surface area is 112 Å². The molecule has 1 fully saturated rings. The number of hydrogen-bond acceptors (Lipinski definition) is 4. The molecule has 0 aliphatic carbocycles. The second-order valence-corrected chi connectivity index (χ2v) is 6.41. The van der Waals surface area contributed by atoms with Crippen molar-refractivity contribution in [2.75, 3.05) is 13.1 Å². The molecule has 1 aromatic heterocycles. The Hall–Kier alpha value is -0.970. The van der Waals surface area contributed by atoms with Crippen LogP contribution in [0.5, 0.6) is 0 Å². The molecular formula is C14H19N3S. The Morgan fingerprint density at radius 1 is 1.50 bits per heavy atom. The molecule has 2 heterocycles. The molecule has 0 radical (unpaired) electrons. The van der Waals surface area contributed by atoms with Crippen LogP contribution in [0.2, 0.25) is 0 Å². The number of benzene rings is 1. The fraction of sp³-hybridized carbons (Fsp3) is 0.500. The Bertz CT molecular complexity index is 549. The maximum Gasteiger partial charge on any atom is 0.0907 e. The van der Waals surface area contributed by atoms with Crippen molar-refractivity contribution in [2.45, 2.75) is 32.4 Å². The highest BCUT2D eigenvalue weighted by atomic mass is 32.1. The van der Waals surface area contributed by atoms with E-state index in [9.17, 15) is 0 Å². The quantitative estimate of drug-likeness (QED) is 0.903. The Kier molecular flexibility index (Phi) is 3.33. The summed E-state index contributed by atoms with van der Waals surface area (Å²) in [5.41, 5.74) is 8.52. The lowest BCUT2D eigenvalue weighted by Gasteiger charge is -2.30.